The molecule has 0 spiro atoms. The molecule has 0 aliphatic heterocycles. The second-order valence-corrected chi connectivity index (χ2v) is 2.82. The van der Waals surface area contributed by atoms with Gasteiger partial charge in [0.25, 0.3) is 0 Å². The van der Waals surface area contributed by atoms with E-state index in [0.29, 0.717) is 23.5 Å². The van der Waals surface area contributed by atoms with Gasteiger partial charge in [-0.15, -0.1) is 0 Å². The number of nitrogens with two attached hydrogens (primary N) is 1. The minimum Gasteiger partial charge on any atom is -0.369 e. The first-order valence-electron chi connectivity index (χ1n) is 4.14. The molecule has 0 bridgehead atoms. The smallest absolute Gasteiger partial charge is 0.201 e. The number of halogens is 1. The Balaban J connectivity index is 2.88. The lowest BCUT2D eigenvalue weighted by molar-refractivity contribution is 0.627. The molecule has 0 amide bonds. The van der Waals surface area contributed by atoms with Gasteiger partial charge in [0.05, 0.1) is 5.52 Å². The summed E-state index contributed by atoms with van der Waals surface area (Å²) in [4.78, 5) is 4.05. The summed E-state index contributed by atoms with van der Waals surface area (Å²) in [5.41, 5.74) is 6.72. The zero-order valence-electron chi connectivity index (χ0n) is 7.29. The number of benzene rings is 1. The molecule has 4 heteroatoms. The zero-order chi connectivity index (χ0) is 9.42. The molecule has 0 saturated carbocycles. The molecular formula is C9H10FN3. The first kappa shape index (κ1) is 8.04. The summed E-state index contributed by atoms with van der Waals surface area (Å²) in [5.74, 6) is 0.0890. The van der Waals surface area contributed by atoms with Gasteiger partial charge in [0.1, 0.15) is 11.3 Å². The van der Waals surface area contributed by atoms with Gasteiger partial charge < -0.3 is 10.3 Å². The maximum Gasteiger partial charge on any atom is 0.201 e. The van der Waals surface area contributed by atoms with E-state index in [1.807, 2.05) is 6.92 Å². The Morgan fingerprint density at radius 3 is 3.00 bits per heavy atom. The predicted molar refractivity (Wildman–Crippen MR) is 49.8 cm³/mol. The molecule has 0 aliphatic rings. The van der Waals surface area contributed by atoms with Crippen LogP contribution in [0.5, 0.6) is 0 Å². The van der Waals surface area contributed by atoms with E-state index in [4.69, 9.17) is 5.73 Å². The molecule has 0 radical (unpaired) electrons. The Labute approximate surface area is 75.0 Å². The average Bonchev–Trinajstić information content (AvgIpc) is 2.42. The summed E-state index contributed by atoms with van der Waals surface area (Å²) < 4.78 is 15.0. The number of nitrogen functional groups attached to an aromatic ring is 1. The fourth-order valence-corrected chi connectivity index (χ4v) is 1.48. The van der Waals surface area contributed by atoms with Crippen LogP contribution in [0.2, 0.25) is 0 Å². The largest absolute Gasteiger partial charge is 0.369 e. The second kappa shape index (κ2) is 2.73. The van der Waals surface area contributed by atoms with Crippen LogP contribution in [0.4, 0.5) is 10.3 Å². The van der Waals surface area contributed by atoms with Crippen molar-refractivity contribution < 1.29 is 4.39 Å². The summed E-state index contributed by atoms with van der Waals surface area (Å²) >= 11 is 0. The summed E-state index contributed by atoms with van der Waals surface area (Å²) in [6, 6.07) is 4.79. The Morgan fingerprint density at radius 1 is 1.54 bits per heavy atom. The molecule has 2 N–H and O–H groups in total. The maximum absolute atomic E-state index is 13.3. The molecule has 0 unspecified atom stereocenters. The van der Waals surface area contributed by atoms with Crippen molar-refractivity contribution in [2.75, 3.05) is 5.73 Å². The molecule has 1 aromatic carbocycles. The molecule has 0 atom stereocenters. The lowest BCUT2D eigenvalue weighted by Crippen LogP contribution is -2.01. The number of nitrogens with zero attached hydrogens (tertiary/aromatic N) is 2. The molecule has 68 valence electrons. The van der Waals surface area contributed by atoms with Crippen LogP contribution in [0.15, 0.2) is 18.2 Å². The van der Waals surface area contributed by atoms with Crippen molar-refractivity contribution in [3.05, 3.63) is 24.0 Å². The number of fused-ring (bicyclic) bond motifs is 1. The highest BCUT2D eigenvalue weighted by Crippen LogP contribution is 2.20. The van der Waals surface area contributed by atoms with Gasteiger partial charge in [-0.05, 0) is 19.1 Å². The van der Waals surface area contributed by atoms with E-state index in [0.717, 1.165) is 0 Å². The highest BCUT2D eigenvalue weighted by molar-refractivity contribution is 5.78. The van der Waals surface area contributed by atoms with Crippen molar-refractivity contribution in [2.45, 2.75) is 13.5 Å². The van der Waals surface area contributed by atoms with Gasteiger partial charge >= 0.3 is 0 Å². The van der Waals surface area contributed by atoms with E-state index < -0.39 is 0 Å². The van der Waals surface area contributed by atoms with E-state index in [-0.39, 0.29) is 5.82 Å². The van der Waals surface area contributed by atoms with Crippen LogP contribution in [0.25, 0.3) is 11.0 Å². The van der Waals surface area contributed by atoms with Crippen LogP contribution >= 0.6 is 0 Å². The Hall–Kier alpha value is -1.58. The summed E-state index contributed by atoms with van der Waals surface area (Å²) in [6.07, 6.45) is 0. The van der Waals surface area contributed by atoms with Crippen molar-refractivity contribution >= 4 is 17.0 Å². The third-order valence-electron chi connectivity index (χ3n) is 2.06. The van der Waals surface area contributed by atoms with Crippen LogP contribution in [0.3, 0.4) is 0 Å². The number of imidazole rings is 1. The summed E-state index contributed by atoms with van der Waals surface area (Å²) in [5, 5.41) is 0. The molecule has 0 aliphatic carbocycles. The summed E-state index contributed by atoms with van der Waals surface area (Å²) in [6.45, 7) is 2.53. The lowest BCUT2D eigenvalue weighted by atomic mass is 10.3. The van der Waals surface area contributed by atoms with Crippen molar-refractivity contribution in [1.82, 2.24) is 9.55 Å². The normalized spacial score (nSPS) is 10.9. The highest BCUT2D eigenvalue weighted by atomic mass is 19.1. The molecule has 2 aromatic rings. The maximum atomic E-state index is 13.3. The van der Waals surface area contributed by atoms with Gasteiger partial charge in [-0.3, -0.25) is 0 Å². The number of rotatable bonds is 1. The van der Waals surface area contributed by atoms with Crippen molar-refractivity contribution in [1.29, 1.82) is 0 Å². The number of para-hydroxylation sites is 1. The van der Waals surface area contributed by atoms with Gasteiger partial charge in [0, 0.05) is 6.54 Å². The SMILES string of the molecule is CCn1c(N)nc2cccc(F)c21. The number of aryl methyl sites for hydroxylation is 1. The highest BCUT2D eigenvalue weighted by Gasteiger charge is 2.09. The molecular weight excluding hydrogens is 169 g/mol. The molecule has 0 fully saturated rings. The van der Waals surface area contributed by atoms with Crippen molar-refractivity contribution in [3.8, 4) is 0 Å². The van der Waals surface area contributed by atoms with Gasteiger partial charge in [0.15, 0.2) is 0 Å². The van der Waals surface area contributed by atoms with E-state index in [1.165, 1.54) is 6.07 Å². The van der Waals surface area contributed by atoms with Gasteiger partial charge in [0.2, 0.25) is 5.95 Å². The average molecular weight is 179 g/mol. The Kier molecular flexibility index (Phi) is 1.69. The first-order chi connectivity index (χ1) is 6.24. The monoisotopic (exact) mass is 179 g/mol. The standard InChI is InChI=1S/C9H10FN3/c1-2-13-8-6(10)4-3-5-7(8)12-9(13)11/h3-5H,2H2,1H3,(H2,11,12). The minimum absolute atomic E-state index is 0.274. The molecule has 1 heterocycles. The van der Waals surface area contributed by atoms with Crippen molar-refractivity contribution in [2.24, 2.45) is 0 Å². The lowest BCUT2D eigenvalue weighted by Gasteiger charge is -2.01. The number of aromatic nitrogens is 2. The third-order valence-corrected chi connectivity index (χ3v) is 2.06. The minimum atomic E-state index is -0.274. The Bertz CT molecular complexity index is 447. The van der Waals surface area contributed by atoms with Crippen LogP contribution in [0.1, 0.15) is 6.92 Å². The topological polar surface area (TPSA) is 43.8 Å². The van der Waals surface area contributed by atoms with E-state index in [1.54, 1.807) is 16.7 Å². The first-order valence-corrected chi connectivity index (χ1v) is 4.14. The molecule has 13 heavy (non-hydrogen) atoms. The summed E-state index contributed by atoms with van der Waals surface area (Å²) in [7, 11) is 0. The molecule has 0 saturated heterocycles. The number of anilines is 1. The van der Waals surface area contributed by atoms with Gasteiger partial charge in [-0.1, -0.05) is 6.07 Å². The van der Waals surface area contributed by atoms with Crippen molar-refractivity contribution in [3.63, 3.8) is 0 Å². The van der Waals surface area contributed by atoms with Crippen LogP contribution < -0.4 is 5.73 Å². The van der Waals surface area contributed by atoms with Gasteiger partial charge in [-0.2, -0.15) is 0 Å². The fraction of sp³-hybridized carbons (Fsp3) is 0.222. The fourth-order valence-electron chi connectivity index (χ4n) is 1.48. The second-order valence-electron chi connectivity index (χ2n) is 2.82. The van der Waals surface area contributed by atoms with Crippen LogP contribution in [-0.2, 0) is 6.54 Å². The van der Waals surface area contributed by atoms with Crippen LogP contribution in [0, 0.1) is 5.82 Å². The zero-order valence-corrected chi connectivity index (χ0v) is 7.29. The Morgan fingerprint density at radius 2 is 2.31 bits per heavy atom. The predicted octanol–water partition coefficient (Wildman–Crippen LogP) is 1.78. The van der Waals surface area contributed by atoms with Crippen LogP contribution in [-0.4, -0.2) is 9.55 Å². The van der Waals surface area contributed by atoms with Gasteiger partial charge in [-0.25, -0.2) is 9.37 Å². The van der Waals surface area contributed by atoms with E-state index in [9.17, 15) is 4.39 Å². The third kappa shape index (κ3) is 1.06. The van der Waals surface area contributed by atoms with E-state index in [2.05, 4.69) is 4.98 Å². The molecule has 1 aromatic heterocycles. The molecule has 2 rings (SSSR count). The quantitative estimate of drug-likeness (QED) is 0.725. The number of hydrogen-bond donors (Lipinski definition) is 1. The number of hydrogen-bond acceptors (Lipinski definition) is 2. The molecule has 3 nitrogen and oxygen atoms in total. The van der Waals surface area contributed by atoms with E-state index >= 15 is 0 Å².